The first-order valence-electron chi connectivity index (χ1n) is 16.0. The lowest BCUT2D eigenvalue weighted by Gasteiger charge is -2.37. The van der Waals surface area contributed by atoms with Gasteiger partial charge in [-0.3, -0.25) is 0 Å². The van der Waals surface area contributed by atoms with Crippen LogP contribution in [0, 0.1) is 0 Å². The molecule has 0 fully saturated rings. The summed E-state index contributed by atoms with van der Waals surface area (Å²) < 4.78 is 0. The zero-order chi connectivity index (χ0) is 31.5. The Hall–Kier alpha value is -6.12. The lowest BCUT2D eigenvalue weighted by molar-refractivity contribution is 0.475. The Labute approximate surface area is 273 Å². The molecule has 9 rings (SSSR count). The van der Waals surface area contributed by atoms with Crippen LogP contribution in [0.1, 0.15) is 22.3 Å². The van der Waals surface area contributed by atoms with Crippen molar-refractivity contribution >= 4 is 21.5 Å². The van der Waals surface area contributed by atoms with Gasteiger partial charge in [-0.2, -0.15) is 0 Å². The molecule has 0 saturated carbocycles. The number of phenols is 2. The van der Waals surface area contributed by atoms with Crippen molar-refractivity contribution in [1.82, 2.24) is 0 Å². The maximum Gasteiger partial charge on any atom is 0.116 e. The molecule has 0 heterocycles. The summed E-state index contributed by atoms with van der Waals surface area (Å²) in [7, 11) is 0. The third kappa shape index (κ3) is 4.12. The maximum absolute atomic E-state index is 11.0. The van der Waals surface area contributed by atoms with E-state index in [1.807, 2.05) is 12.1 Å². The molecule has 0 bridgehead atoms. The minimum absolute atomic E-state index is 0.215. The van der Waals surface area contributed by atoms with Gasteiger partial charge < -0.3 is 10.2 Å². The summed E-state index contributed by atoms with van der Waals surface area (Å²) in [6.45, 7) is 0. The third-order valence-electron chi connectivity index (χ3n) is 9.89. The van der Waals surface area contributed by atoms with Crippen molar-refractivity contribution in [3.05, 3.63) is 192 Å². The van der Waals surface area contributed by atoms with Crippen molar-refractivity contribution in [3.8, 4) is 44.9 Å². The molecule has 0 unspecified atom stereocenters. The predicted octanol–water partition coefficient (Wildman–Crippen LogP) is 11.1. The molecule has 1 aliphatic carbocycles. The van der Waals surface area contributed by atoms with Gasteiger partial charge in [-0.05, 0) is 114 Å². The van der Waals surface area contributed by atoms with Gasteiger partial charge in [0.15, 0.2) is 0 Å². The van der Waals surface area contributed by atoms with Crippen molar-refractivity contribution in [3.63, 3.8) is 0 Å². The molecule has 0 spiro atoms. The van der Waals surface area contributed by atoms with E-state index in [1.54, 1.807) is 12.1 Å². The number of hydrogen-bond acceptors (Lipinski definition) is 2. The van der Waals surface area contributed by atoms with E-state index in [1.165, 1.54) is 33.0 Å². The molecule has 0 radical (unpaired) electrons. The Kier molecular flexibility index (Phi) is 6.06. The number of hydrogen-bond donors (Lipinski definition) is 2. The lowest BCUT2D eigenvalue weighted by atomic mass is 9.64. The number of fused-ring (bicyclic) bond motifs is 5. The molecule has 1 aliphatic rings. The first-order chi connectivity index (χ1) is 23.1. The molecule has 0 aliphatic heterocycles. The fourth-order valence-electron chi connectivity index (χ4n) is 7.87. The average molecular weight is 603 g/mol. The molecule has 2 heteroatoms. The van der Waals surface area contributed by atoms with Crippen LogP contribution in [0.15, 0.2) is 170 Å². The van der Waals surface area contributed by atoms with Gasteiger partial charge in [-0.1, -0.05) is 133 Å². The number of phenolic OH excluding ortho intramolecular Hbond substituents is 2. The summed E-state index contributed by atoms with van der Waals surface area (Å²) >= 11 is 0. The molecular weight excluding hydrogens is 572 g/mol. The van der Waals surface area contributed by atoms with E-state index in [4.69, 9.17) is 0 Å². The Morgan fingerprint density at radius 1 is 0.298 bits per heavy atom. The summed E-state index contributed by atoms with van der Waals surface area (Å²) in [6, 6.07) is 58.8. The van der Waals surface area contributed by atoms with Crippen LogP contribution in [-0.2, 0) is 5.41 Å². The molecule has 47 heavy (non-hydrogen) atoms. The molecule has 0 amide bonds. The second kappa shape index (κ2) is 10.5. The van der Waals surface area contributed by atoms with Gasteiger partial charge in [0.2, 0.25) is 0 Å². The third-order valence-corrected chi connectivity index (χ3v) is 9.89. The topological polar surface area (TPSA) is 40.5 Å². The minimum Gasteiger partial charge on any atom is -0.508 e. The van der Waals surface area contributed by atoms with E-state index in [0.29, 0.717) is 0 Å². The fourth-order valence-corrected chi connectivity index (χ4v) is 7.87. The van der Waals surface area contributed by atoms with Crippen LogP contribution in [0.5, 0.6) is 11.5 Å². The minimum atomic E-state index is -0.767. The summed E-state index contributed by atoms with van der Waals surface area (Å²) in [4.78, 5) is 0. The first kappa shape index (κ1) is 27.2. The van der Waals surface area contributed by atoms with Crippen molar-refractivity contribution in [2.75, 3.05) is 0 Å². The molecule has 8 aromatic rings. The molecular formula is C45H30O2. The van der Waals surface area contributed by atoms with Gasteiger partial charge in [0.05, 0.1) is 5.41 Å². The highest BCUT2D eigenvalue weighted by Crippen LogP contribution is 2.59. The molecule has 0 saturated heterocycles. The number of rotatable bonds is 4. The highest BCUT2D eigenvalue weighted by Gasteiger charge is 2.48. The fraction of sp³-hybridized carbons (Fsp3) is 0.0222. The monoisotopic (exact) mass is 602 g/mol. The lowest BCUT2D eigenvalue weighted by Crippen LogP contribution is -2.30. The summed E-state index contributed by atoms with van der Waals surface area (Å²) in [5.41, 5.74) is 10.0. The Balaban J connectivity index is 1.43. The average Bonchev–Trinajstić information content (AvgIpc) is 3.42. The van der Waals surface area contributed by atoms with E-state index in [2.05, 4.69) is 146 Å². The van der Waals surface area contributed by atoms with E-state index < -0.39 is 5.41 Å². The van der Waals surface area contributed by atoms with Crippen molar-refractivity contribution in [1.29, 1.82) is 0 Å². The number of benzene rings is 8. The van der Waals surface area contributed by atoms with Gasteiger partial charge in [-0.25, -0.2) is 0 Å². The van der Waals surface area contributed by atoms with Crippen LogP contribution >= 0.6 is 0 Å². The van der Waals surface area contributed by atoms with Gasteiger partial charge in [0.1, 0.15) is 11.5 Å². The first-order valence-corrected chi connectivity index (χ1v) is 16.0. The Morgan fingerprint density at radius 3 is 1.15 bits per heavy atom. The zero-order valence-electron chi connectivity index (χ0n) is 25.6. The molecule has 222 valence electrons. The SMILES string of the molecule is Oc1ccc(C2(c3ccc(O)cc3-c3ccc4ccccc4c3)c3ccccc3-c3ccccc32)c(-c2ccc3ccccc3c2)c1. The highest BCUT2D eigenvalue weighted by atomic mass is 16.3. The molecule has 0 aromatic heterocycles. The smallest absolute Gasteiger partial charge is 0.116 e. The molecule has 8 aromatic carbocycles. The largest absolute Gasteiger partial charge is 0.508 e. The summed E-state index contributed by atoms with van der Waals surface area (Å²) in [5.74, 6) is 0.430. The zero-order valence-corrected chi connectivity index (χ0v) is 25.6. The van der Waals surface area contributed by atoms with Crippen LogP contribution in [0.4, 0.5) is 0 Å². The van der Waals surface area contributed by atoms with Gasteiger partial charge in [-0.15, -0.1) is 0 Å². The maximum atomic E-state index is 11.0. The van der Waals surface area contributed by atoms with Crippen molar-refractivity contribution in [2.24, 2.45) is 0 Å². The summed E-state index contributed by atoms with van der Waals surface area (Å²) in [5, 5.41) is 26.7. The van der Waals surface area contributed by atoms with E-state index >= 15 is 0 Å². The second-order valence-corrected chi connectivity index (χ2v) is 12.4. The molecule has 2 N–H and O–H groups in total. The van der Waals surface area contributed by atoms with E-state index in [9.17, 15) is 10.2 Å². The van der Waals surface area contributed by atoms with E-state index in [0.717, 1.165) is 44.2 Å². The van der Waals surface area contributed by atoms with E-state index in [-0.39, 0.29) is 11.5 Å². The Morgan fingerprint density at radius 2 is 0.681 bits per heavy atom. The van der Waals surface area contributed by atoms with Crippen LogP contribution in [-0.4, -0.2) is 10.2 Å². The van der Waals surface area contributed by atoms with Crippen LogP contribution in [0.25, 0.3) is 54.9 Å². The van der Waals surface area contributed by atoms with Crippen molar-refractivity contribution in [2.45, 2.75) is 5.41 Å². The predicted molar refractivity (Wildman–Crippen MR) is 193 cm³/mol. The highest BCUT2D eigenvalue weighted by molar-refractivity contribution is 5.95. The standard InChI is InChI=1S/C45H30O2/c46-35-21-23-43(39(27-35)33-19-17-29-9-1-3-11-31(29)25-33)45(41-15-7-5-13-37(41)38-14-6-8-16-42(38)45)44-24-22-36(47)28-40(44)34-20-18-30-10-2-4-12-32(30)26-34/h1-28,46-47H. The quantitative estimate of drug-likeness (QED) is 0.210. The van der Waals surface area contributed by atoms with Gasteiger partial charge in [0.25, 0.3) is 0 Å². The molecule has 2 nitrogen and oxygen atoms in total. The Bertz CT molecular complexity index is 2330. The second-order valence-electron chi connectivity index (χ2n) is 12.4. The van der Waals surface area contributed by atoms with Crippen molar-refractivity contribution < 1.29 is 10.2 Å². The van der Waals surface area contributed by atoms with Crippen LogP contribution in [0.2, 0.25) is 0 Å². The summed E-state index contributed by atoms with van der Waals surface area (Å²) in [6.07, 6.45) is 0. The van der Waals surface area contributed by atoms with Gasteiger partial charge >= 0.3 is 0 Å². The van der Waals surface area contributed by atoms with Crippen LogP contribution < -0.4 is 0 Å². The van der Waals surface area contributed by atoms with Crippen LogP contribution in [0.3, 0.4) is 0 Å². The van der Waals surface area contributed by atoms with Gasteiger partial charge in [0, 0.05) is 0 Å². The molecule has 0 atom stereocenters. The number of aromatic hydroxyl groups is 2. The normalized spacial score (nSPS) is 13.0.